The Morgan fingerprint density at radius 1 is 1.18 bits per heavy atom. The summed E-state index contributed by atoms with van der Waals surface area (Å²) >= 11 is 0. The average Bonchev–Trinajstić information content (AvgIpc) is 3.50. The van der Waals surface area contributed by atoms with Gasteiger partial charge in [-0.1, -0.05) is 31.9 Å². The fourth-order valence-corrected chi connectivity index (χ4v) is 4.35. The Hall–Kier alpha value is -3.62. The van der Waals surface area contributed by atoms with E-state index in [1.807, 2.05) is 38.1 Å². The lowest BCUT2D eigenvalue weighted by molar-refractivity contribution is -0.127. The third kappa shape index (κ3) is 5.47. The number of carbonyl (C=O) groups is 2. The predicted molar refractivity (Wildman–Crippen MR) is 126 cm³/mol. The van der Waals surface area contributed by atoms with E-state index in [4.69, 9.17) is 0 Å². The van der Waals surface area contributed by atoms with Gasteiger partial charge in [0.05, 0.1) is 0 Å². The number of carbonyl (C=O) groups excluding carboxylic acids is 2. The highest BCUT2D eigenvalue weighted by Gasteiger charge is 2.32. The third-order valence-electron chi connectivity index (χ3n) is 6.08. The molecule has 3 aromatic rings. The third-order valence-corrected chi connectivity index (χ3v) is 6.08. The Balaban J connectivity index is 1.57. The normalized spacial score (nSPS) is 14.7. The van der Waals surface area contributed by atoms with Crippen molar-refractivity contribution in [3.05, 3.63) is 59.9 Å². The number of nitrogens with zero attached hydrogens (tertiary/aromatic N) is 5. The van der Waals surface area contributed by atoms with Crippen LogP contribution in [0.2, 0.25) is 0 Å². The van der Waals surface area contributed by atoms with Crippen molar-refractivity contribution < 1.29 is 14.0 Å². The number of hydrogen-bond acceptors (Lipinski definition) is 5. The largest absolute Gasteiger partial charge is 0.352 e. The van der Waals surface area contributed by atoms with Crippen LogP contribution >= 0.6 is 0 Å². The molecule has 2 aromatic carbocycles. The Morgan fingerprint density at radius 2 is 1.91 bits per heavy atom. The molecule has 0 bridgehead atoms. The molecule has 8 nitrogen and oxygen atoms in total. The number of hydrogen-bond donors (Lipinski definition) is 1. The van der Waals surface area contributed by atoms with E-state index in [1.165, 1.54) is 21.8 Å². The van der Waals surface area contributed by atoms with Crippen LogP contribution in [0.4, 0.5) is 10.1 Å². The minimum Gasteiger partial charge on any atom is -0.352 e. The number of halogens is 1. The van der Waals surface area contributed by atoms with Crippen molar-refractivity contribution >= 4 is 17.5 Å². The van der Waals surface area contributed by atoms with Crippen molar-refractivity contribution in [1.82, 2.24) is 25.5 Å². The van der Waals surface area contributed by atoms with Crippen LogP contribution in [0.15, 0.2) is 48.5 Å². The first-order valence-corrected chi connectivity index (χ1v) is 11.7. The van der Waals surface area contributed by atoms with Crippen molar-refractivity contribution in [2.24, 2.45) is 0 Å². The molecular weight excluding hydrogens is 435 g/mol. The Labute approximate surface area is 198 Å². The molecular formula is C25H29FN6O2. The van der Waals surface area contributed by atoms with E-state index >= 15 is 0 Å². The minimum absolute atomic E-state index is 0.150. The van der Waals surface area contributed by atoms with Crippen molar-refractivity contribution in [3.63, 3.8) is 0 Å². The summed E-state index contributed by atoms with van der Waals surface area (Å²) in [5.41, 5.74) is 2.23. The zero-order valence-electron chi connectivity index (χ0n) is 19.4. The second-order valence-corrected chi connectivity index (χ2v) is 8.67. The van der Waals surface area contributed by atoms with Crippen LogP contribution in [0.1, 0.15) is 44.6 Å². The molecule has 1 aliphatic carbocycles. The summed E-state index contributed by atoms with van der Waals surface area (Å²) < 4.78 is 13.2. The summed E-state index contributed by atoms with van der Waals surface area (Å²) in [5.74, 6) is -0.535. The van der Waals surface area contributed by atoms with E-state index in [0.29, 0.717) is 23.5 Å². The van der Waals surface area contributed by atoms with Gasteiger partial charge in [-0.2, -0.15) is 4.80 Å². The van der Waals surface area contributed by atoms with Gasteiger partial charge < -0.3 is 5.32 Å². The molecule has 1 aliphatic rings. The molecule has 0 aliphatic heterocycles. The second-order valence-electron chi connectivity index (χ2n) is 8.67. The first-order valence-electron chi connectivity index (χ1n) is 11.7. The SMILES string of the molecule is CCC(C(=O)NC1CCCC1)N(C(=O)Cn1nnc(-c2ccc(F)cc2)n1)c1cccc(C)c1. The number of rotatable bonds is 8. The number of benzene rings is 2. The number of tetrazole rings is 1. The molecule has 0 radical (unpaired) electrons. The molecule has 2 amide bonds. The van der Waals surface area contributed by atoms with E-state index in [1.54, 1.807) is 12.1 Å². The Bertz CT molecular complexity index is 1140. The molecule has 178 valence electrons. The molecule has 1 saturated carbocycles. The first kappa shape index (κ1) is 23.5. The molecule has 0 spiro atoms. The molecule has 34 heavy (non-hydrogen) atoms. The highest BCUT2D eigenvalue weighted by molar-refractivity contribution is 6.00. The fraction of sp³-hybridized carbons (Fsp3) is 0.400. The van der Waals surface area contributed by atoms with E-state index in [2.05, 4.69) is 20.7 Å². The summed E-state index contributed by atoms with van der Waals surface area (Å²) in [4.78, 5) is 29.5. The molecule has 0 saturated heterocycles. The van der Waals surface area contributed by atoms with Gasteiger partial charge in [0.1, 0.15) is 18.4 Å². The van der Waals surface area contributed by atoms with Gasteiger partial charge in [0.25, 0.3) is 5.91 Å². The molecule has 1 unspecified atom stereocenters. The summed E-state index contributed by atoms with van der Waals surface area (Å²) in [7, 11) is 0. The number of nitrogens with one attached hydrogen (secondary N) is 1. The van der Waals surface area contributed by atoms with Crippen LogP contribution < -0.4 is 10.2 Å². The quantitative estimate of drug-likeness (QED) is 0.549. The van der Waals surface area contributed by atoms with Crippen molar-refractivity contribution in [2.75, 3.05) is 4.90 Å². The van der Waals surface area contributed by atoms with Gasteiger partial charge in [0.15, 0.2) is 0 Å². The monoisotopic (exact) mass is 464 g/mol. The number of aryl methyl sites for hydroxylation is 1. The van der Waals surface area contributed by atoms with Gasteiger partial charge in [-0.05, 0) is 73.4 Å². The zero-order chi connectivity index (χ0) is 24.1. The van der Waals surface area contributed by atoms with Crippen LogP contribution in [0.5, 0.6) is 0 Å². The fourth-order valence-electron chi connectivity index (χ4n) is 4.35. The second kappa shape index (κ2) is 10.5. The summed E-state index contributed by atoms with van der Waals surface area (Å²) in [6, 6.07) is 12.8. The molecule has 1 atom stereocenters. The molecule has 4 rings (SSSR count). The van der Waals surface area contributed by atoms with Gasteiger partial charge in [-0.15, -0.1) is 10.2 Å². The maximum absolute atomic E-state index is 13.5. The van der Waals surface area contributed by atoms with Crippen LogP contribution in [-0.2, 0) is 16.1 Å². The summed E-state index contributed by atoms with van der Waals surface area (Å²) in [5, 5.41) is 15.4. The van der Waals surface area contributed by atoms with Crippen LogP contribution in [-0.4, -0.2) is 44.1 Å². The topological polar surface area (TPSA) is 93.0 Å². The van der Waals surface area contributed by atoms with Crippen molar-refractivity contribution in [1.29, 1.82) is 0 Å². The van der Waals surface area contributed by atoms with Crippen LogP contribution in [0.25, 0.3) is 11.4 Å². The maximum Gasteiger partial charge on any atom is 0.251 e. The molecule has 1 N–H and O–H groups in total. The van der Waals surface area contributed by atoms with E-state index in [0.717, 1.165) is 31.2 Å². The highest BCUT2D eigenvalue weighted by Crippen LogP contribution is 2.23. The maximum atomic E-state index is 13.5. The molecule has 1 fully saturated rings. The van der Waals surface area contributed by atoms with E-state index < -0.39 is 6.04 Å². The molecule has 1 aromatic heterocycles. The minimum atomic E-state index is -0.657. The van der Waals surface area contributed by atoms with Gasteiger partial charge in [-0.25, -0.2) is 4.39 Å². The first-order chi connectivity index (χ1) is 16.4. The molecule has 9 heteroatoms. The Kier molecular flexibility index (Phi) is 7.30. The lowest BCUT2D eigenvalue weighted by Crippen LogP contribution is -2.52. The van der Waals surface area contributed by atoms with Gasteiger partial charge >= 0.3 is 0 Å². The van der Waals surface area contributed by atoms with Gasteiger partial charge in [0, 0.05) is 17.3 Å². The predicted octanol–water partition coefficient (Wildman–Crippen LogP) is 3.66. The van der Waals surface area contributed by atoms with Gasteiger partial charge in [0.2, 0.25) is 11.7 Å². The lowest BCUT2D eigenvalue weighted by Gasteiger charge is -2.31. The van der Waals surface area contributed by atoms with Gasteiger partial charge in [-0.3, -0.25) is 14.5 Å². The molecule has 1 heterocycles. The Morgan fingerprint density at radius 3 is 2.59 bits per heavy atom. The van der Waals surface area contributed by atoms with Crippen molar-refractivity contribution in [2.45, 2.75) is 64.6 Å². The number of aromatic nitrogens is 4. The van der Waals surface area contributed by atoms with Crippen LogP contribution in [0, 0.1) is 12.7 Å². The van der Waals surface area contributed by atoms with E-state index in [9.17, 15) is 14.0 Å². The van der Waals surface area contributed by atoms with Crippen LogP contribution in [0.3, 0.4) is 0 Å². The highest BCUT2D eigenvalue weighted by atomic mass is 19.1. The lowest BCUT2D eigenvalue weighted by atomic mass is 10.1. The standard InChI is InChI=1S/C25H29FN6O2/c1-3-22(25(34)27-20-8-4-5-9-20)32(21-10-6-7-17(2)15-21)23(33)16-31-29-24(28-30-31)18-11-13-19(26)14-12-18/h6-7,10-15,20,22H,3-5,8-9,16H2,1-2H3,(H,27,34). The van der Waals surface area contributed by atoms with Crippen molar-refractivity contribution in [3.8, 4) is 11.4 Å². The zero-order valence-corrected chi connectivity index (χ0v) is 19.4. The average molecular weight is 465 g/mol. The summed E-state index contributed by atoms with van der Waals surface area (Å²) in [6.07, 6.45) is 4.61. The smallest absolute Gasteiger partial charge is 0.251 e. The van der Waals surface area contributed by atoms with E-state index in [-0.39, 0.29) is 30.2 Å². The number of amides is 2. The summed E-state index contributed by atoms with van der Waals surface area (Å²) in [6.45, 7) is 3.66. The number of anilines is 1.